The number of anilines is 1. The number of alkyl halides is 3. The Morgan fingerprint density at radius 3 is 2.77 bits per heavy atom. The number of nitrogens with one attached hydrogen (secondary N) is 1. The molecule has 0 radical (unpaired) electrons. The number of hydrogen-bond donors (Lipinski definition) is 2. The number of thiazole rings is 1. The Hall–Kier alpha value is -2.35. The minimum absolute atomic E-state index is 0.0224. The second-order valence-electron chi connectivity index (χ2n) is 4.64. The van der Waals surface area contributed by atoms with Gasteiger partial charge >= 0.3 is 12.1 Å². The normalized spacial score (nSPS) is 11.4. The predicted octanol–water partition coefficient (Wildman–Crippen LogP) is 1.30. The molecule has 26 heavy (non-hydrogen) atoms. The van der Waals surface area contributed by atoms with Gasteiger partial charge in [0, 0.05) is 5.38 Å². The van der Waals surface area contributed by atoms with Crippen molar-refractivity contribution in [2.24, 2.45) is 0 Å². The van der Waals surface area contributed by atoms with Gasteiger partial charge in [0.1, 0.15) is 0 Å². The molecule has 0 fully saturated rings. The minimum Gasteiger partial charge on any atom is -0.466 e. The summed E-state index contributed by atoms with van der Waals surface area (Å²) in [4.78, 5) is 27.3. The van der Waals surface area contributed by atoms with Crippen LogP contribution in [0.5, 0.6) is 0 Å². The number of nitrogens with two attached hydrogens (primary N) is 1. The third kappa shape index (κ3) is 5.32. The average molecular weight is 410 g/mol. The molecule has 2 heterocycles. The van der Waals surface area contributed by atoms with Crippen molar-refractivity contribution in [3.8, 4) is 0 Å². The number of nitrogens with zero attached hydrogens (tertiary/aromatic N) is 4. The van der Waals surface area contributed by atoms with Gasteiger partial charge in [-0.2, -0.15) is 13.2 Å². The van der Waals surface area contributed by atoms with Crippen LogP contribution in [0, 0.1) is 0 Å². The van der Waals surface area contributed by atoms with E-state index in [0.717, 1.165) is 11.3 Å². The molecule has 0 unspecified atom stereocenters. The minimum atomic E-state index is -4.74. The average Bonchev–Trinajstić information content (AvgIpc) is 3.11. The van der Waals surface area contributed by atoms with Gasteiger partial charge in [0.2, 0.25) is 11.1 Å². The molecule has 9 nitrogen and oxygen atoms in total. The molecule has 0 saturated heterocycles. The van der Waals surface area contributed by atoms with Gasteiger partial charge in [0.25, 0.3) is 5.82 Å². The van der Waals surface area contributed by atoms with E-state index in [2.05, 4.69) is 20.5 Å². The number of ether oxygens (including phenoxy) is 1. The van der Waals surface area contributed by atoms with E-state index in [1.165, 1.54) is 0 Å². The molecule has 0 atom stereocenters. The van der Waals surface area contributed by atoms with E-state index < -0.39 is 23.9 Å². The smallest absolute Gasteiger partial charge is 0.453 e. The van der Waals surface area contributed by atoms with Crippen LogP contribution in [0.1, 0.15) is 18.4 Å². The highest BCUT2D eigenvalue weighted by Gasteiger charge is 2.38. The fraction of sp³-hybridized carbons (Fsp3) is 0.417. The lowest BCUT2D eigenvalue weighted by Gasteiger charge is -2.05. The van der Waals surface area contributed by atoms with E-state index in [1.54, 1.807) is 12.3 Å². The largest absolute Gasteiger partial charge is 0.466 e. The fourth-order valence-electron chi connectivity index (χ4n) is 1.66. The first-order valence-electron chi connectivity index (χ1n) is 7.01. The number of thioether (sulfide) groups is 1. The Bertz CT molecular complexity index is 792. The molecule has 0 aliphatic rings. The van der Waals surface area contributed by atoms with Gasteiger partial charge in [-0.25, -0.2) is 9.66 Å². The van der Waals surface area contributed by atoms with Crippen molar-refractivity contribution < 1.29 is 27.5 Å². The highest BCUT2D eigenvalue weighted by atomic mass is 32.2. The molecule has 0 aromatic carbocycles. The Morgan fingerprint density at radius 1 is 1.42 bits per heavy atom. The third-order valence-corrected chi connectivity index (χ3v) is 4.43. The summed E-state index contributed by atoms with van der Waals surface area (Å²) < 4.78 is 42.7. The molecule has 142 valence electrons. The highest BCUT2D eigenvalue weighted by Crippen LogP contribution is 2.28. The molecule has 1 amide bonds. The van der Waals surface area contributed by atoms with E-state index >= 15 is 0 Å². The van der Waals surface area contributed by atoms with Crippen LogP contribution in [-0.2, 0) is 26.9 Å². The molecule has 3 N–H and O–H groups in total. The Balaban J connectivity index is 1.87. The molecule has 2 aromatic heterocycles. The molecule has 0 bridgehead atoms. The molecular weight excluding hydrogens is 397 g/mol. The topological polar surface area (TPSA) is 125 Å². The fourth-order valence-corrected chi connectivity index (χ4v) is 3.04. The van der Waals surface area contributed by atoms with Gasteiger partial charge in [-0.15, -0.1) is 21.5 Å². The van der Waals surface area contributed by atoms with Crippen molar-refractivity contribution >= 4 is 40.1 Å². The standard InChI is InChI=1S/C12H13F3N6O3S2/c1-2-24-8(23)3-6-4-25-10(17-6)18-7(22)5-26-11-20-19-9(21(11)16)12(13,14)15/h4H,2-3,5,16H2,1H3,(H,17,18,22). The first-order valence-corrected chi connectivity index (χ1v) is 8.87. The Kier molecular flexibility index (Phi) is 6.42. The second-order valence-corrected chi connectivity index (χ2v) is 6.44. The zero-order chi connectivity index (χ0) is 19.3. The number of carbonyl (C=O) groups is 2. The zero-order valence-electron chi connectivity index (χ0n) is 13.2. The van der Waals surface area contributed by atoms with Crippen molar-refractivity contribution in [3.05, 3.63) is 16.9 Å². The van der Waals surface area contributed by atoms with Crippen molar-refractivity contribution in [2.45, 2.75) is 24.7 Å². The lowest BCUT2D eigenvalue weighted by Crippen LogP contribution is -2.22. The summed E-state index contributed by atoms with van der Waals surface area (Å²) in [7, 11) is 0. The number of rotatable bonds is 7. The molecular formula is C12H13F3N6O3S2. The van der Waals surface area contributed by atoms with Gasteiger partial charge in [0.05, 0.1) is 24.5 Å². The Morgan fingerprint density at radius 2 is 2.15 bits per heavy atom. The van der Waals surface area contributed by atoms with E-state index in [1.807, 2.05) is 0 Å². The zero-order valence-corrected chi connectivity index (χ0v) is 14.9. The summed E-state index contributed by atoms with van der Waals surface area (Å²) in [5, 5.41) is 10.3. The maximum absolute atomic E-state index is 12.6. The van der Waals surface area contributed by atoms with Crippen molar-refractivity contribution in [1.29, 1.82) is 0 Å². The number of hydrogen-bond acceptors (Lipinski definition) is 9. The van der Waals surface area contributed by atoms with Crippen LogP contribution in [0.15, 0.2) is 10.5 Å². The van der Waals surface area contributed by atoms with E-state index in [4.69, 9.17) is 10.6 Å². The number of esters is 1. The number of nitrogen functional groups attached to an aromatic ring is 1. The summed E-state index contributed by atoms with van der Waals surface area (Å²) in [6.45, 7) is 1.94. The first-order chi connectivity index (χ1) is 12.2. The summed E-state index contributed by atoms with van der Waals surface area (Å²) in [5.41, 5.74) is 0.438. The Labute approximate surface area is 153 Å². The van der Waals surface area contributed by atoms with Crippen LogP contribution in [0.3, 0.4) is 0 Å². The number of amides is 1. The number of aromatic nitrogens is 4. The maximum atomic E-state index is 12.6. The van der Waals surface area contributed by atoms with Crippen LogP contribution >= 0.6 is 23.1 Å². The molecule has 2 rings (SSSR count). The monoisotopic (exact) mass is 410 g/mol. The van der Waals surface area contributed by atoms with E-state index in [9.17, 15) is 22.8 Å². The summed E-state index contributed by atoms with van der Waals surface area (Å²) in [6.07, 6.45) is -4.76. The van der Waals surface area contributed by atoms with Crippen molar-refractivity contribution in [3.63, 3.8) is 0 Å². The lowest BCUT2D eigenvalue weighted by atomic mass is 10.3. The van der Waals surface area contributed by atoms with Crippen molar-refractivity contribution in [2.75, 3.05) is 23.5 Å². The van der Waals surface area contributed by atoms with Crippen LogP contribution in [-0.4, -0.2) is 44.1 Å². The molecule has 2 aromatic rings. The quantitative estimate of drug-likeness (QED) is 0.398. The van der Waals surface area contributed by atoms with Crippen LogP contribution in [0.2, 0.25) is 0 Å². The lowest BCUT2D eigenvalue weighted by molar-refractivity contribution is -0.147. The summed E-state index contributed by atoms with van der Waals surface area (Å²) >= 11 is 1.79. The molecule has 0 aliphatic carbocycles. The van der Waals surface area contributed by atoms with E-state index in [0.29, 0.717) is 17.5 Å². The van der Waals surface area contributed by atoms with Gasteiger partial charge in [-0.05, 0) is 6.92 Å². The number of halogens is 3. The van der Waals surface area contributed by atoms with E-state index in [-0.39, 0.29) is 33.7 Å². The van der Waals surface area contributed by atoms with Crippen molar-refractivity contribution in [1.82, 2.24) is 19.9 Å². The summed E-state index contributed by atoms with van der Waals surface area (Å²) in [5.74, 6) is 2.70. The summed E-state index contributed by atoms with van der Waals surface area (Å²) in [6, 6.07) is 0. The molecule has 0 aliphatic heterocycles. The van der Waals surface area contributed by atoms with Crippen LogP contribution in [0.4, 0.5) is 18.3 Å². The SMILES string of the molecule is CCOC(=O)Cc1csc(NC(=O)CSc2nnc(C(F)(F)F)n2N)n1. The molecule has 0 saturated carbocycles. The van der Waals surface area contributed by atoms with Gasteiger partial charge < -0.3 is 15.9 Å². The third-order valence-electron chi connectivity index (χ3n) is 2.68. The van der Waals surface area contributed by atoms with Gasteiger partial charge in [-0.3, -0.25) is 9.59 Å². The first kappa shape index (κ1) is 20.0. The van der Waals surface area contributed by atoms with Gasteiger partial charge in [-0.1, -0.05) is 11.8 Å². The maximum Gasteiger partial charge on any atom is 0.453 e. The highest BCUT2D eigenvalue weighted by molar-refractivity contribution is 7.99. The van der Waals surface area contributed by atoms with Crippen LogP contribution in [0.25, 0.3) is 0 Å². The number of carbonyl (C=O) groups excluding carboxylic acids is 2. The molecule has 14 heteroatoms. The second kappa shape index (κ2) is 8.35. The predicted molar refractivity (Wildman–Crippen MR) is 87.0 cm³/mol. The molecule has 0 spiro atoms. The van der Waals surface area contributed by atoms with Gasteiger partial charge in [0.15, 0.2) is 5.13 Å². The van der Waals surface area contributed by atoms with Crippen LogP contribution < -0.4 is 11.2 Å².